The number of aliphatic hydroxyl groups excluding tert-OH is 1. The molecule has 1 aromatic rings. The van der Waals surface area contributed by atoms with Gasteiger partial charge in [0, 0.05) is 31.9 Å². The van der Waals surface area contributed by atoms with E-state index in [-0.39, 0.29) is 6.10 Å². The van der Waals surface area contributed by atoms with Crippen molar-refractivity contribution < 1.29 is 5.11 Å². The fraction of sp³-hybridized carbons (Fsp3) is 0.625. The molecule has 2 N–H and O–H groups in total. The number of piperazine rings is 1. The zero-order valence-electron chi connectivity index (χ0n) is 12.7. The zero-order valence-corrected chi connectivity index (χ0v) is 12.7. The minimum atomic E-state index is -0.341. The molecular weight excluding hydrogens is 250 g/mol. The first kappa shape index (κ1) is 15.3. The van der Waals surface area contributed by atoms with Crippen LogP contribution in [-0.4, -0.2) is 56.8 Å². The molecule has 1 aliphatic heterocycles. The Morgan fingerprint density at radius 3 is 2.45 bits per heavy atom. The zero-order chi connectivity index (χ0) is 14.4. The Morgan fingerprint density at radius 1 is 1.20 bits per heavy atom. The third-order valence-electron chi connectivity index (χ3n) is 3.84. The number of anilines is 1. The largest absolute Gasteiger partial charge is 0.388 e. The highest BCUT2D eigenvalue weighted by atomic mass is 16.3. The van der Waals surface area contributed by atoms with Crippen LogP contribution in [0.1, 0.15) is 24.5 Å². The Morgan fingerprint density at radius 2 is 1.85 bits per heavy atom. The maximum absolute atomic E-state index is 10.2. The molecule has 1 fully saturated rings. The van der Waals surface area contributed by atoms with Crippen molar-refractivity contribution >= 4 is 5.69 Å². The maximum atomic E-state index is 10.2. The Kier molecular flexibility index (Phi) is 5.83. The van der Waals surface area contributed by atoms with E-state index in [2.05, 4.69) is 53.5 Å². The van der Waals surface area contributed by atoms with Crippen LogP contribution in [0.25, 0.3) is 0 Å². The summed E-state index contributed by atoms with van der Waals surface area (Å²) in [5.41, 5.74) is 2.29. The number of nitrogens with zero attached hydrogens (tertiary/aromatic N) is 2. The maximum Gasteiger partial charge on any atom is 0.0790 e. The minimum absolute atomic E-state index is 0.341. The van der Waals surface area contributed by atoms with E-state index in [4.69, 9.17) is 0 Å². The molecule has 0 bridgehead atoms. The molecule has 20 heavy (non-hydrogen) atoms. The van der Waals surface area contributed by atoms with Crippen molar-refractivity contribution in [3.8, 4) is 0 Å². The smallest absolute Gasteiger partial charge is 0.0790 e. The van der Waals surface area contributed by atoms with E-state index in [0.717, 1.165) is 51.1 Å². The second-order valence-electron chi connectivity index (χ2n) is 5.79. The molecule has 1 aromatic carbocycles. The summed E-state index contributed by atoms with van der Waals surface area (Å²) in [4.78, 5) is 4.54. The van der Waals surface area contributed by atoms with Gasteiger partial charge in [-0.3, -0.25) is 0 Å². The van der Waals surface area contributed by atoms with E-state index < -0.39 is 0 Å². The van der Waals surface area contributed by atoms with Gasteiger partial charge in [-0.2, -0.15) is 0 Å². The lowest BCUT2D eigenvalue weighted by Crippen LogP contribution is -2.43. The van der Waals surface area contributed by atoms with E-state index in [1.807, 2.05) is 0 Å². The third kappa shape index (κ3) is 4.47. The fourth-order valence-electron chi connectivity index (χ4n) is 2.60. The van der Waals surface area contributed by atoms with Gasteiger partial charge in [0.1, 0.15) is 0 Å². The van der Waals surface area contributed by atoms with Crippen LogP contribution in [0.15, 0.2) is 24.3 Å². The molecule has 1 atom stereocenters. The van der Waals surface area contributed by atoms with E-state index in [9.17, 15) is 5.11 Å². The SMILES string of the molecule is CN(C)CCCC(O)c1ccc(N2CCNCC2)cc1. The third-order valence-corrected chi connectivity index (χ3v) is 3.84. The lowest BCUT2D eigenvalue weighted by Gasteiger charge is -2.29. The monoisotopic (exact) mass is 277 g/mol. The van der Waals surface area contributed by atoms with Gasteiger partial charge < -0.3 is 20.2 Å². The molecule has 4 nitrogen and oxygen atoms in total. The molecule has 0 saturated carbocycles. The summed E-state index contributed by atoms with van der Waals surface area (Å²) in [5, 5.41) is 13.6. The predicted octanol–water partition coefficient (Wildman–Crippen LogP) is 1.47. The first-order valence-electron chi connectivity index (χ1n) is 7.55. The highest BCUT2D eigenvalue weighted by Crippen LogP contribution is 2.22. The normalized spacial score (nSPS) is 17.5. The number of benzene rings is 1. The number of hydrogen-bond acceptors (Lipinski definition) is 4. The van der Waals surface area contributed by atoms with Gasteiger partial charge in [-0.15, -0.1) is 0 Å². The number of hydrogen-bond donors (Lipinski definition) is 2. The topological polar surface area (TPSA) is 38.7 Å². The van der Waals surface area contributed by atoms with Crippen LogP contribution in [0.3, 0.4) is 0 Å². The molecule has 0 radical (unpaired) electrons. The van der Waals surface area contributed by atoms with Crippen LogP contribution < -0.4 is 10.2 Å². The van der Waals surface area contributed by atoms with Gasteiger partial charge >= 0.3 is 0 Å². The highest BCUT2D eigenvalue weighted by Gasteiger charge is 2.12. The van der Waals surface area contributed by atoms with Crippen LogP contribution in [0, 0.1) is 0 Å². The lowest BCUT2D eigenvalue weighted by molar-refractivity contribution is 0.160. The molecule has 4 heteroatoms. The molecule has 1 unspecified atom stereocenters. The Balaban J connectivity index is 1.86. The summed E-state index contributed by atoms with van der Waals surface area (Å²) in [6.07, 6.45) is 1.51. The van der Waals surface area contributed by atoms with Gasteiger partial charge in [-0.1, -0.05) is 12.1 Å². The molecule has 112 valence electrons. The summed E-state index contributed by atoms with van der Waals surface area (Å²) in [5.74, 6) is 0. The average Bonchev–Trinajstić information content (AvgIpc) is 2.48. The van der Waals surface area contributed by atoms with Gasteiger partial charge in [0.25, 0.3) is 0 Å². The van der Waals surface area contributed by atoms with Crippen LogP contribution in [0.4, 0.5) is 5.69 Å². The van der Waals surface area contributed by atoms with Gasteiger partial charge in [0.05, 0.1) is 6.10 Å². The van der Waals surface area contributed by atoms with Crippen LogP contribution in [-0.2, 0) is 0 Å². The standard InChI is InChI=1S/C16H27N3O/c1-18(2)11-3-4-16(20)14-5-7-15(8-6-14)19-12-9-17-10-13-19/h5-8,16-17,20H,3-4,9-13H2,1-2H3. The van der Waals surface area contributed by atoms with Crippen molar-refractivity contribution in [3.63, 3.8) is 0 Å². The molecule has 1 heterocycles. The summed E-state index contributed by atoms with van der Waals surface area (Å²) >= 11 is 0. The predicted molar refractivity (Wildman–Crippen MR) is 84.3 cm³/mol. The Labute approximate surface area is 122 Å². The molecule has 0 aromatic heterocycles. The van der Waals surface area contributed by atoms with Gasteiger partial charge in [0.2, 0.25) is 0 Å². The van der Waals surface area contributed by atoms with Crippen molar-refractivity contribution in [1.82, 2.24) is 10.2 Å². The summed E-state index contributed by atoms with van der Waals surface area (Å²) in [6.45, 7) is 5.25. The minimum Gasteiger partial charge on any atom is -0.388 e. The van der Waals surface area contributed by atoms with Crippen molar-refractivity contribution in [1.29, 1.82) is 0 Å². The van der Waals surface area contributed by atoms with E-state index in [1.165, 1.54) is 5.69 Å². The first-order chi connectivity index (χ1) is 9.66. The number of aliphatic hydroxyl groups is 1. The quantitative estimate of drug-likeness (QED) is 0.826. The molecular formula is C16H27N3O. The highest BCUT2D eigenvalue weighted by molar-refractivity contribution is 5.48. The molecule has 0 amide bonds. The Bertz CT molecular complexity index is 385. The summed E-state index contributed by atoms with van der Waals surface area (Å²) in [7, 11) is 4.13. The van der Waals surface area contributed by atoms with E-state index in [0.29, 0.717) is 0 Å². The van der Waals surface area contributed by atoms with Gasteiger partial charge in [-0.05, 0) is 51.2 Å². The number of rotatable bonds is 6. The molecule has 1 saturated heterocycles. The molecule has 0 aliphatic carbocycles. The van der Waals surface area contributed by atoms with Crippen molar-refractivity contribution in [3.05, 3.63) is 29.8 Å². The lowest BCUT2D eigenvalue weighted by atomic mass is 10.0. The van der Waals surface area contributed by atoms with Crippen LogP contribution >= 0.6 is 0 Å². The van der Waals surface area contributed by atoms with Gasteiger partial charge in [-0.25, -0.2) is 0 Å². The average molecular weight is 277 g/mol. The van der Waals surface area contributed by atoms with E-state index in [1.54, 1.807) is 0 Å². The summed E-state index contributed by atoms with van der Waals surface area (Å²) in [6, 6.07) is 8.40. The molecule has 1 aliphatic rings. The first-order valence-corrected chi connectivity index (χ1v) is 7.55. The second-order valence-corrected chi connectivity index (χ2v) is 5.79. The Hall–Kier alpha value is -1.10. The van der Waals surface area contributed by atoms with Crippen molar-refractivity contribution in [2.75, 3.05) is 51.7 Å². The van der Waals surface area contributed by atoms with Crippen LogP contribution in [0.5, 0.6) is 0 Å². The summed E-state index contributed by atoms with van der Waals surface area (Å²) < 4.78 is 0. The fourth-order valence-corrected chi connectivity index (χ4v) is 2.60. The van der Waals surface area contributed by atoms with Crippen LogP contribution in [0.2, 0.25) is 0 Å². The molecule has 0 spiro atoms. The number of nitrogens with one attached hydrogen (secondary N) is 1. The van der Waals surface area contributed by atoms with E-state index >= 15 is 0 Å². The van der Waals surface area contributed by atoms with Crippen molar-refractivity contribution in [2.24, 2.45) is 0 Å². The van der Waals surface area contributed by atoms with Gasteiger partial charge in [0.15, 0.2) is 0 Å². The second kappa shape index (κ2) is 7.62. The molecule has 2 rings (SSSR count). The van der Waals surface area contributed by atoms with Crippen molar-refractivity contribution in [2.45, 2.75) is 18.9 Å².